The molecule has 1 amide bonds. The molecule has 1 N–H and O–H groups in total. The van der Waals surface area contributed by atoms with Gasteiger partial charge in [0.1, 0.15) is 0 Å². The van der Waals surface area contributed by atoms with Gasteiger partial charge in [-0.2, -0.15) is 0 Å². The van der Waals surface area contributed by atoms with Crippen LogP contribution in [-0.4, -0.2) is 35.1 Å². The second-order valence-electron chi connectivity index (χ2n) is 6.41. The number of hydrogen-bond donors (Lipinski definition) is 1. The summed E-state index contributed by atoms with van der Waals surface area (Å²) in [6, 6.07) is 0. The highest BCUT2D eigenvalue weighted by Gasteiger charge is 2.30. The zero-order valence-corrected chi connectivity index (χ0v) is 11.7. The van der Waals surface area contributed by atoms with Crippen molar-refractivity contribution in [3.8, 4) is 0 Å². The Balaban J connectivity index is 2.34. The average Bonchev–Trinajstić information content (AvgIpc) is 2.25. The van der Waals surface area contributed by atoms with E-state index in [9.17, 15) is 9.90 Å². The minimum atomic E-state index is -0.369. The SMILES string of the molecule is CC(O)CCC(=O)N1CCC(C(C)(C)C)CC1. The Kier molecular flexibility index (Phi) is 4.99. The molecule has 1 fully saturated rings. The lowest BCUT2D eigenvalue weighted by Gasteiger charge is -2.38. The summed E-state index contributed by atoms with van der Waals surface area (Å²) in [5.41, 5.74) is 0.356. The fourth-order valence-electron chi connectivity index (χ4n) is 2.49. The maximum Gasteiger partial charge on any atom is 0.222 e. The summed E-state index contributed by atoms with van der Waals surface area (Å²) in [5.74, 6) is 0.932. The van der Waals surface area contributed by atoms with E-state index in [-0.39, 0.29) is 12.0 Å². The Labute approximate surface area is 105 Å². The summed E-state index contributed by atoms with van der Waals surface area (Å²) >= 11 is 0. The molecule has 0 saturated carbocycles. The topological polar surface area (TPSA) is 40.5 Å². The number of carbonyl (C=O) groups excluding carboxylic acids is 1. The molecule has 3 nitrogen and oxygen atoms in total. The third-order valence-corrected chi connectivity index (χ3v) is 3.85. The molecule has 0 spiro atoms. The van der Waals surface area contributed by atoms with Crippen molar-refractivity contribution in [2.75, 3.05) is 13.1 Å². The summed E-state index contributed by atoms with van der Waals surface area (Å²) in [5, 5.41) is 9.18. The Bertz CT molecular complexity index is 247. The number of carbonyl (C=O) groups is 1. The highest BCUT2D eigenvalue weighted by molar-refractivity contribution is 5.76. The van der Waals surface area contributed by atoms with Gasteiger partial charge in [-0.1, -0.05) is 20.8 Å². The monoisotopic (exact) mass is 241 g/mol. The van der Waals surface area contributed by atoms with Crippen LogP contribution in [0.1, 0.15) is 53.4 Å². The standard InChI is InChI=1S/C14H27NO2/c1-11(16)5-6-13(17)15-9-7-12(8-10-15)14(2,3)4/h11-12,16H,5-10H2,1-4H3. The van der Waals surface area contributed by atoms with E-state index in [4.69, 9.17) is 0 Å². The van der Waals surface area contributed by atoms with Crippen LogP contribution in [0.5, 0.6) is 0 Å². The van der Waals surface area contributed by atoms with E-state index in [0.29, 0.717) is 18.3 Å². The summed E-state index contributed by atoms with van der Waals surface area (Å²) in [4.78, 5) is 13.8. The maximum absolute atomic E-state index is 11.9. The van der Waals surface area contributed by atoms with Crippen molar-refractivity contribution in [1.29, 1.82) is 0 Å². The van der Waals surface area contributed by atoms with Crippen molar-refractivity contribution in [2.24, 2.45) is 11.3 Å². The minimum absolute atomic E-state index is 0.207. The normalized spacial score (nSPS) is 20.4. The molecule has 0 radical (unpaired) electrons. The number of aliphatic hydroxyl groups is 1. The first-order valence-corrected chi connectivity index (χ1v) is 6.76. The van der Waals surface area contributed by atoms with Crippen molar-refractivity contribution in [3.63, 3.8) is 0 Å². The largest absolute Gasteiger partial charge is 0.393 e. The average molecular weight is 241 g/mol. The molecular formula is C14H27NO2. The van der Waals surface area contributed by atoms with Gasteiger partial charge in [0.15, 0.2) is 0 Å². The van der Waals surface area contributed by atoms with Gasteiger partial charge in [-0.15, -0.1) is 0 Å². The molecule has 0 bridgehead atoms. The lowest BCUT2D eigenvalue weighted by molar-refractivity contribution is -0.133. The molecule has 1 heterocycles. The Morgan fingerprint density at radius 2 is 1.88 bits per heavy atom. The Hall–Kier alpha value is -0.570. The lowest BCUT2D eigenvalue weighted by atomic mass is 9.75. The Morgan fingerprint density at radius 1 is 1.35 bits per heavy atom. The number of amides is 1. The second kappa shape index (κ2) is 5.85. The lowest BCUT2D eigenvalue weighted by Crippen LogP contribution is -2.41. The molecule has 0 aromatic carbocycles. The quantitative estimate of drug-likeness (QED) is 0.824. The van der Waals surface area contributed by atoms with Gasteiger partial charge >= 0.3 is 0 Å². The van der Waals surface area contributed by atoms with E-state index in [2.05, 4.69) is 20.8 Å². The van der Waals surface area contributed by atoms with Crippen molar-refractivity contribution in [3.05, 3.63) is 0 Å². The summed E-state index contributed by atoms with van der Waals surface area (Å²) in [6.45, 7) is 10.4. The van der Waals surface area contributed by atoms with Crippen LogP contribution in [0.4, 0.5) is 0 Å². The predicted octanol–water partition coefficient (Wildman–Crippen LogP) is 2.43. The fourth-order valence-corrected chi connectivity index (χ4v) is 2.49. The molecular weight excluding hydrogens is 214 g/mol. The van der Waals surface area contributed by atoms with Gasteiger partial charge in [0.25, 0.3) is 0 Å². The third kappa shape index (κ3) is 4.66. The molecule has 0 aromatic rings. The summed E-state index contributed by atoms with van der Waals surface area (Å²) in [7, 11) is 0. The zero-order chi connectivity index (χ0) is 13.1. The van der Waals surface area contributed by atoms with Crippen LogP contribution >= 0.6 is 0 Å². The molecule has 1 aliphatic rings. The van der Waals surface area contributed by atoms with E-state index in [1.807, 2.05) is 4.90 Å². The van der Waals surface area contributed by atoms with Crippen molar-refractivity contribution in [2.45, 2.75) is 59.5 Å². The number of hydrogen-bond acceptors (Lipinski definition) is 2. The van der Waals surface area contributed by atoms with E-state index in [1.165, 1.54) is 0 Å². The fraction of sp³-hybridized carbons (Fsp3) is 0.929. The first-order valence-electron chi connectivity index (χ1n) is 6.76. The smallest absolute Gasteiger partial charge is 0.222 e. The summed E-state index contributed by atoms with van der Waals surface area (Å²) in [6.07, 6.45) is 2.93. The molecule has 0 aromatic heterocycles. The zero-order valence-electron chi connectivity index (χ0n) is 11.7. The van der Waals surface area contributed by atoms with E-state index < -0.39 is 0 Å². The van der Waals surface area contributed by atoms with Crippen molar-refractivity contribution >= 4 is 5.91 Å². The van der Waals surface area contributed by atoms with Crippen LogP contribution in [0.3, 0.4) is 0 Å². The van der Waals surface area contributed by atoms with E-state index >= 15 is 0 Å². The van der Waals surface area contributed by atoms with E-state index in [0.717, 1.165) is 31.8 Å². The van der Waals surface area contributed by atoms with Crippen molar-refractivity contribution in [1.82, 2.24) is 4.90 Å². The van der Waals surface area contributed by atoms with Gasteiger partial charge in [-0.25, -0.2) is 0 Å². The van der Waals surface area contributed by atoms with Crippen LogP contribution in [0.25, 0.3) is 0 Å². The van der Waals surface area contributed by atoms with Crippen LogP contribution in [0.15, 0.2) is 0 Å². The molecule has 0 aliphatic carbocycles. The van der Waals surface area contributed by atoms with Gasteiger partial charge in [0.05, 0.1) is 6.10 Å². The molecule has 1 saturated heterocycles. The molecule has 17 heavy (non-hydrogen) atoms. The van der Waals surface area contributed by atoms with Crippen molar-refractivity contribution < 1.29 is 9.90 Å². The predicted molar refractivity (Wildman–Crippen MR) is 69.7 cm³/mol. The first kappa shape index (κ1) is 14.5. The molecule has 1 aliphatic heterocycles. The highest BCUT2D eigenvalue weighted by Crippen LogP contribution is 2.34. The van der Waals surface area contributed by atoms with Gasteiger partial charge in [0.2, 0.25) is 5.91 Å². The molecule has 100 valence electrons. The molecule has 1 atom stereocenters. The van der Waals surface area contributed by atoms with Crippen LogP contribution < -0.4 is 0 Å². The summed E-state index contributed by atoms with van der Waals surface area (Å²) < 4.78 is 0. The van der Waals surface area contributed by atoms with E-state index in [1.54, 1.807) is 6.92 Å². The first-order chi connectivity index (χ1) is 7.80. The number of piperidine rings is 1. The number of likely N-dealkylation sites (tertiary alicyclic amines) is 1. The van der Waals surface area contributed by atoms with Gasteiger partial charge in [-0.3, -0.25) is 4.79 Å². The molecule has 1 rings (SSSR count). The second-order valence-corrected chi connectivity index (χ2v) is 6.41. The maximum atomic E-state index is 11.9. The van der Waals surface area contributed by atoms with Gasteiger partial charge in [0, 0.05) is 19.5 Å². The minimum Gasteiger partial charge on any atom is -0.393 e. The molecule has 1 unspecified atom stereocenters. The Morgan fingerprint density at radius 3 is 2.29 bits per heavy atom. The van der Waals surface area contributed by atoms with Gasteiger partial charge in [-0.05, 0) is 37.5 Å². The molecule has 3 heteroatoms. The van der Waals surface area contributed by atoms with Crippen LogP contribution in [0.2, 0.25) is 0 Å². The number of nitrogens with zero attached hydrogens (tertiary/aromatic N) is 1. The van der Waals surface area contributed by atoms with Crippen LogP contribution in [-0.2, 0) is 4.79 Å². The third-order valence-electron chi connectivity index (χ3n) is 3.85. The number of aliphatic hydroxyl groups excluding tert-OH is 1. The van der Waals surface area contributed by atoms with Gasteiger partial charge < -0.3 is 10.0 Å². The number of rotatable bonds is 3. The van der Waals surface area contributed by atoms with Crippen LogP contribution in [0, 0.1) is 11.3 Å². The highest BCUT2D eigenvalue weighted by atomic mass is 16.3.